The van der Waals surface area contributed by atoms with Gasteiger partial charge in [0.1, 0.15) is 0 Å². The Bertz CT molecular complexity index is 609. The van der Waals surface area contributed by atoms with Crippen molar-refractivity contribution in [3.63, 3.8) is 0 Å². The largest absolute Gasteiger partial charge is 1.00 e. The van der Waals surface area contributed by atoms with Gasteiger partial charge in [-0.05, 0) is 0 Å². The summed E-state index contributed by atoms with van der Waals surface area (Å²) >= 11 is 1.58. The molecule has 101 valence electrons. The fourth-order valence-electron chi connectivity index (χ4n) is 2.79. The average Bonchev–Trinajstić information content (AvgIpc) is 2.99. The van der Waals surface area contributed by atoms with Gasteiger partial charge in [0.2, 0.25) is 0 Å². The number of hydrogen-bond acceptors (Lipinski definition) is 0. The van der Waals surface area contributed by atoms with E-state index in [9.17, 15) is 0 Å². The van der Waals surface area contributed by atoms with Crippen LogP contribution in [0.3, 0.4) is 0 Å². The molecule has 0 heterocycles. The predicted molar refractivity (Wildman–Crippen MR) is 72.8 cm³/mol. The number of fused-ring (bicyclic) bond motifs is 1. The molecule has 3 heteroatoms. The maximum absolute atomic E-state index is 2.30. The molecule has 0 saturated carbocycles. The zero-order valence-electron chi connectivity index (χ0n) is 11.2. The molecule has 0 aromatic heterocycles. The van der Waals surface area contributed by atoms with Crippen molar-refractivity contribution in [3.8, 4) is 0 Å². The van der Waals surface area contributed by atoms with Gasteiger partial charge in [-0.25, -0.2) is 0 Å². The molecule has 3 rings (SSSR count). The molecule has 1 atom stereocenters. The van der Waals surface area contributed by atoms with Gasteiger partial charge >= 0.3 is 124 Å². The number of rotatable bonds is 2. The summed E-state index contributed by atoms with van der Waals surface area (Å²) in [5, 5.41) is 0. The number of hydrogen-bond donors (Lipinski definition) is 0. The van der Waals surface area contributed by atoms with Gasteiger partial charge in [-0.2, -0.15) is 0 Å². The summed E-state index contributed by atoms with van der Waals surface area (Å²) in [6.07, 6.45) is 12.2. The van der Waals surface area contributed by atoms with Gasteiger partial charge in [0.05, 0.1) is 0 Å². The van der Waals surface area contributed by atoms with Crippen molar-refractivity contribution in [1.29, 1.82) is 0 Å². The Balaban J connectivity index is 0.000001000. The third kappa shape index (κ3) is 2.96. The van der Waals surface area contributed by atoms with Crippen molar-refractivity contribution in [1.82, 2.24) is 0 Å². The van der Waals surface area contributed by atoms with Crippen LogP contribution >= 0.6 is 0 Å². The van der Waals surface area contributed by atoms with Crippen molar-refractivity contribution < 1.29 is 49.5 Å². The third-order valence-corrected chi connectivity index (χ3v) is 5.11. The maximum Gasteiger partial charge on any atom is -1.00 e. The zero-order chi connectivity index (χ0) is 12.5. The van der Waals surface area contributed by atoms with Crippen LogP contribution in [-0.2, 0) is 24.7 Å². The summed E-state index contributed by atoms with van der Waals surface area (Å²) in [6.45, 7) is 2.11. The predicted octanol–water partition coefficient (Wildman–Crippen LogP) is -1.49. The molecule has 0 saturated heterocycles. The fraction of sp³-hybridized carbons (Fsp3) is 0.176. The van der Waals surface area contributed by atoms with Crippen molar-refractivity contribution in [3.05, 3.63) is 76.9 Å². The molecule has 2 aliphatic rings. The van der Waals surface area contributed by atoms with Crippen molar-refractivity contribution >= 4 is 5.57 Å². The van der Waals surface area contributed by atoms with Gasteiger partial charge in [0, 0.05) is 0 Å². The van der Waals surface area contributed by atoms with Crippen LogP contribution in [0.15, 0.2) is 65.8 Å². The standard InChI is InChI=1S/C17H15.2ClH.Zr/c1-2-7-15-12-14-10-5-6-11-16(14)17(15)13-8-3-4-9-13;;;/h2-8,10-12H,9H2,1H3;2*1H;/q;;;+2/p-2. The first-order chi connectivity index (χ1) is 8.83. The molecule has 0 N–H and O–H groups in total. The summed E-state index contributed by atoms with van der Waals surface area (Å²) in [4.78, 5) is 0. The van der Waals surface area contributed by atoms with E-state index in [1.807, 2.05) is 0 Å². The number of benzene rings is 1. The fourth-order valence-corrected chi connectivity index (χ4v) is 4.00. The topological polar surface area (TPSA) is 0 Å². The molecule has 20 heavy (non-hydrogen) atoms. The minimum Gasteiger partial charge on any atom is -1.00 e. The quantitative estimate of drug-likeness (QED) is 0.586. The molecule has 0 radical (unpaired) electrons. The molecule has 1 aromatic rings. The van der Waals surface area contributed by atoms with Crippen molar-refractivity contribution in [2.75, 3.05) is 0 Å². The Labute approximate surface area is 148 Å². The van der Waals surface area contributed by atoms with Gasteiger partial charge in [0.25, 0.3) is 0 Å². The average molecular weight is 381 g/mol. The molecule has 0 spiro atoms. The van der Waals surface area contributed by atoms with E-state index >= 15 is 0 Å². The van der Waals surface area contributed by atoms with Gasteiger partial charge in [-0.1, -0.05) is 0 Å². The molecular weight excluding hydrogens is 366 g/mol. The van der Waals surface area contributed by atoms with Crippen LogP contribution in [0.5, 0.6) is 0 Å². The molecule has 0 bridgehead atoms. The second kappa shape index (κ2) is 7.59. The SMILES string of the molecule is CC=CC1=C(C2=CC=CC2)c2ccccc2[CH]1[Zr+2].[Cl-].[Cl-]. The summed E-state index contributed by atoms with van der Waals surface area (Å²) in [6, 6.07) is 8.88. The number of allylic oxidation sites excluding steroid dienone is 8. The Morgan fingerprint density at radius 3 is 2.60 bits per heavy atom. The minimum absolute atomic E-state index is 0. The normalized spacial score (nSPS) is 19.8. The smallest absolute Gasteiger partial charge is 1.00 e. The van der Waals surface area contributed by atoms with E-state index in [0.717, 1.165) is 6.42 Å². The van der Waals surface area contributed by atoms with E-state index in [4.69, 9.17) is 0 Å². The molecular formula is C17H15Cl2Zr. The molecule has 0 nitrogen and oxygen atoms in total. The van der Waals surface area contributed by atoms with Gasteiger partial charge in [0.15, 0.2) is 0 Å². The van der Waals surface area contributed by atoms with Crippen LogP contribution in [0.25, 0.3) is 5.57 Å². The second-order valence-electron chi connectivity index (χ2n) is 4.67. The zero-order valence-corrected chi connectivity index (χ0v) is 15.2. The molecule has 0 fully saturated rings. The van der Waals surface area contributed by atoms with Crippen molar-refractivity contribution in [2.24, 2.45) is 0 Å². The Hall–Kier alpha value is -0.357. The van der Waals surface area contributed by atoms with Gasteiger partial charge < -0.3 is 24.8 Å². The first-order valence-electron chi connectivity index (χ1n) is 6.36. The van der Waals surface area contributed by atoms with E-state index in [-0.39, 0.29) is 24.8 Å². The van der Waals surface area contributed by atoms with Crippen LogP contribution in [0.1, 0.15) is 28.1 Å². The molecule has 2 aliphatic carbocycles. The summed E-state index contributed by atoms with van der Waals surface area (Å²) < 4.78 is 0.598. The van der Waals surface area contributed by atoms with Crippen LogP contribution in [0.2, 0.25) is 0 Å². The summed E-state index contributed by atoms with van der Waals surface area (Å²) in [7, 11) is 0. The van der Waals surface area contributed by atoms with Gasteiger partial charge in [-0.3, -0.25) is 0 Å². The molecule has 1 aromatic carbocycles. The Kier molecular flexibility index (Phi) is 6.72. The minimum atomic E-state index is 0. The van der Waals surface area contributed by atoms with Crippen LogP contribution in [0, 0.1) is 0 Å². The molecule has 0 amide bonds. The van der Waals surface area contributed by atoms with Crippen LogP contribution < -0.4 is 24.8 Å². The third-order valence-electron chi connectivity index (χ3n) is 3.58. The number of halogens is 2. The molecule has 1 unspecified atom stereocenters. The maximum atomic E-state index is 2.30. The van der Waals surface area contributed by atoms with Crippen LogP contribution in [-0.4, -0.2) is 0 Å². The summed E-state index contributed by atoms with van der Waals surface area (Å²) in [5.74, 6) is 0. The molecule has 0 aliphatic heterocycles. The summed E-state index contributed by atoms with van der Waals surface area (Å²) in [5.41, 5.74) is 7.41. The van der Waals surface area contributed by atoms with Crippen LogP contribution in [0.4, 0.5) is 0 Å². The van der Waals surface area contributed by atoms with E-state index in [1.54, 1.807) is 24.7 Å². The Morgan fingerprint density at radius 1 is 1.20 bits per heavy atom. The van der Waals surface area contributed by atoms with E-state index in [1.165, 1.54) is 27.8 Å². The second-order valence-corrected chi connectivity index (χ2v) is 6.09. The monoisotopic (exact) mass is 379 g/mol. The first kappa shape index (κ1) is 17.7. The Morgan fingerprint density at radius 2 is 1.95 bits per heavy atom. The van der Waals surface area contributed by atoms with E-state index < -0.39 is 0 Å². The van der Waals surface area contributed by atoms with Gasteiger partial charge in [-0.15, -0.1) is 0 Å². The first-order valence-corrected chi connectivity index (χ1v) is 7.78. The van der Waals surface area contributed by atoms with Crippen molar-refractivity contribution in [2.45, 2.75) is 17.0 Å². The van der Waals surface area contributed by atoms with E-state index in [2.05, 4.69) is 61.6 Å². The van der Waals surface area contributed by atoms with E-state index in [0.29, 0.717) is 3.63 Å².